The van der Waals surface area contributed by atoms with Crippen molar-refractivity contribution >= 4 is 17.5 Å². The summed E-state index contributed by atoms with van der Waals surface area (Å²) < 4.78 is 0. The molecular weight excluding hydrogens is 260 g/mol. The zero-order chi connectivity index (χ0) is 14.0. The van der Waals surface area contributed by atoms with Crippen LogP contribution in [0.5, 0.6) is 0 Å². The first-order chi connectivity index (χ1) is 8.98. The summed E-state index contributed by atoms with van der Waals surface area (Å²) >= 11 is 6.11. The van der Waals surface area contributed by atoms with E-state index in [4.69, 9.17) is 11.6 Å². The molecule has 1 atom stereocenters. The van der Waals surface area contributed by atoms with Crippen LogP contribution in [0.25, 0.3) is 0 Å². The van der Waals surface area contributed by atoms with Crippen molar-refractivity contribution in [2.45, 2.75) is 32.7 Å². The van der Waals surface area contributed by atoms with E-state index in [2.05, 4.69) is 18.3 Å². The molecule has 0 radical (unpaired) electrons. The maximum atomic E-state index is 12.2. The summed E-state index contributed by atoms with van der Waals surface area (Å²) in [6, 6.07) is 9.40. The van der Waals surface area contributed by atoms with E-state index in [0.717, 1.165) is 5.56 Å². The van der Waals surface area contributed by atoms with Crippen LogP contribution in [0.15, 0.2) is 24.3 Å². The molecule has 0 spiro atoms. The van der Waals surface area contributed by atoms with Crippen molar-refractivity contribution in [3.8, 4) is 6.07 Å². The molecule has 0 heterocycles. The summed E-state index contributed by atoms with van der Waals surface area (Å²) in [4.78, 5) is 12.2. The number of nitriles is 1. The second-order valence-corrected chi connectivity index (χ2v) is 5.83. The Kier molecular flexibility index (Phi) is 3.82. The minimum absolute atomic E-state index is 0.180. The van der Waals surface area contributed by atoms with Gasteiger partial charge in [-0.25, -0.2) is 0 Å². The zero-order valence-electron chi connectivity index (χ0n) is 11.1. The molecule has 100 valence electrons. The van der Waals surface area contributed by atoms with Crippen molar-refractivity contribution in [3.05, 3.63) is 34.9 Å². The number of hydrogen-bond donors (Lipinski definition) is 1. The van der Waals surface area contributed by atoms with Crippen molar-refractivity contribution in [3.63, 3.8) is 0 Å². The van der Waals surface area contributed by atoms with Gasteiger partial charge in [0.25, 0.3) is 0 Å². The molecule has 1 aliphatic carbocycles. The third kappa shape index (κ3) is 2.59. The number of halogens is 1. The summed E-state index contributed by atoms with van der Waals surface area (Å²) in [7, 11) is 0. The molecular formula is C15H17ClN2O. The Morgan fingerprint density at radius 1 is 1.53 bits per heavy atom. The number of hydrogen-bond acceptors (Lipinski definition) is 2. The molecule has 1 N–H and O–H groups in total. The van der Waals surface area contributed by atoms with Gasteiger partial charge in [-0.15, -0.1) is 0 Å². The van der Waals surface area contributed by atoms with Crippen molar-refractivity contribution < 1.29 is 4.79 Å². The summed E-state index contributed by atoms with van der Waals surface area (Å²) in [5, 5.41) is 12.8. The van der Waals surface area contributed by atoms with Gasteiger partial charge in [-0.2, -0.15) is 5.26 Å². The van der Waals surface area contributed by atoms with E-state index in [1.165, 1.54) is 0 Å². The first-order valence-corrected chi connectivity index (χ1v) is 6.83. The van der Waals surface area contributed by atoms with Gasteiger partial charge in [0.15, 0.2) is 0 Å². The molecule has 4 heteroatoms. The van der Waals surface area contributed by atoms with Crippen LogP contribution in [-0.4, -0.2) is 5.91 Å². The minimum Gasteiger partial charge on any atom is -0.348 e. The molecule has 2 rings (SSSR count). The van der Waals surface area contributed by atoms with Crippen LogP contribution in [0.3, 0.4) is 0 Å². The Hall–Kier alpha value is -1.53. The number of rotatable bonds is 3. The van der Waals surface area contributed by atoms with E-state index in [1.54, 1.807) is 6.07 Å². The maximum Gasteiger partial charge on any atom is 0.240 e. The highest BCUT2D eigenvalue weighted by molar-refractivity contribution is 6.31. The second-order valence-electron chi connectivity index (χ2n) is 5.42. The molecule has 0 aromatic heterocycles. The average Bonchev–Trinajstić information content (AvgIpc) is 2.34. The fourth-order valence-corrected chi connectivity index (χ4v) is 3.00. The van der Waals surface area contributed by atoms with Gasteiger partial charge in [-0.1, -0.05) is 36.7 Å². The maximum absolute atomic E-state index is 12.2. The number of nitrogens with zero attached hydrogens (tertiary/aromatic N) is 1. The zero-order valence-corrected chi connectivity index (χ0v) is 11.9. The van der Waals surface area contributed by atoms with E-state index >= 15 is 0 Å². The largest absolute Gasteiger partial charge is 0.348 e. The lowest BCUT2D eigenvalue weighted by molar-refractivity contribution is -0.134. The standard InChI is InChI=1S/C15H17ClN2O/c1-10-7-15(8-10,9-17)14(19)18-11(2)12-5-3-4-6-13(12)16/h3-6,10-11H,7-8H2,1-2H3,(H,18,19). The fraction of sp³-hybridized carbons (Fsp3) is 0.467. The van der Waals surface area contributed by atoms with Gasteiger partial charge in [-0.05, 0) is 37.3 Å². The van der Waals surface area contributed by atoms with Crippen LogP contribution in [-0.2, 0) is 4.79 Å². The van der Waals surface area contributed by atoms with Crippen molar-refractivity contribution in [2.24, 2.45) is 11.3 Å². The summed E-state index contributed by atoms with van der Waals surface area (Å²) in [6.45, 7) is 3.94. The third-order valence-electron chi connectivity index (χ3n) is 3.76. The number of amides is 1. The highest BCUT2D eigenvalue weighted by Gasteiger charge is 2.49. The lowest BCUT2D eigenvalue weighted by Gasteiger charge is -2.39. The summed E-state index contributed by atoms with van der Waals surface area (Å²) in [5.74, 6) is 0.265. The Morgan fingerprint density at radius 3 is 2.68 bits per heavy atom. The van der Waals surface area contributed by atoms with Gasteiger partial charge in [-0.3, -0.25) is 4.79 Å². The molecule has 1 aliphatic rings. The van der Waals surface area contributed by atoms with Gasteiger partial charge < -0.3 is 5.32 Å². The van der Waals surface area contributed by atoms with E-state index in [0.29, 0.717) is 23.8 Å². The molecule has 1 aromatic rings. The van der Waals surface area contributed by atoms with Crippen LogP contribution in [0.1, 0.15) is 38.3 Å². The topological polar surface area (TPSA) is 52.9 Å². The van der Waals surface area contributed by atoms with Gasteiger partial charge in [0.05, 0.1) is 12.1 Å². The number of carbonyl (C=O) groups excluding carboxylic acids is 1. The molecule has 19 heavy (non-hydrogen) atoms. The minimum atomic E-state index is -0.838. The smallest absolute Gasteiger partial charge is 0.240 e. The van der Waals surface area contributed by atoms with E-state index in [1.807, 2.05) is 25.1 Å². The molecule has 3 nitrogen and oxygen atoms in total. The Balaban J connectivity index is 2.08. The van der Waals surface area contributed by atoms with Gasteiger partial charge in [0.1, 0.15) is 5.41 Å². The highest BCUT2D eigenvalue weighted by atomic mass is 35.5. The monoisotopic (exact) mass is 276 g/mol. The average molecular weight is 277 g/mol. The van der Waals surface area contributed by atoms with E-state index in [9.17, 15) is 10.1 Å². The lowest BCUT2D eigenvalue weighted by atomic mass is 9.63. The third-order valence-corrected chi connectivity index (χ3v) is 4.11. The van der Waals surface area contributed by atoms with Gasteiger partial charge in [0.2, 0.25) is 5.91 Å². The predicted molar refractivity (Wildman–Crippen MR) is 74.5 cm³/mol. The molecule has 0 aliphatic heterocycles. The lowest BCUT2D eigenvalue weighted by Crippen LogP contribution is -2.48. The van der Waals surface area contributed by atoms with Gasteiger partial charge in [0, 0.05) is 5.02 Å². The van der Waals surface area contributed by atoms with E-state index < -0.39 is 5.41 Å². The summed E-state index contributed by atoms with van der Waals surface area (Å²) in [5.41, 5.74) is 0.0348. The highest BCUT2D eigenvalue weighted by Crippen LogP contribution is 2.45. The SMILES string of the molecule is CC1CC(C#N)(C(=O)NC(C)c2ccccc2Cl)C1. The Morgan fingerprint density at radius 2 is 2.16 bits per heavy atom. The molecule has 1 amide bonds. The van der Waals surface area contributed by atoms with E-state index in [-0.39, 0.29) is 11.9 Å². The van der Waals surface area contributed by atoms with Crippen LogP contribution in [0.2, 0.25) is 5.02 Å². The van der Waals surface area contributed by atoms with Crippen LogP contribution < -0.4 is 5.32 Å². The molecule has 1 unspecified atom stereocenters. The fourth-order valence-electron chi connectivity index (χ4n) is 2.70. The summed E-state index contributed by atoms with van der Waals surface area (Å²) in [6.07, 6.45) is 1.29. The van der Waals surface area contributed by atoms with Crippen LogP contribution in [0, 0.1) is 22.7 Å². The van der Waals surface area contributed by atoms with Crippen molar-refractivity contribution in [2.75, 3.05) is 0 Å². The normalized spacial score (nSPS) is 26.9. The number of nitrogens with one attached hydrogen (secondary N) is 1. The van der Waals surface area contributed by atoms with Crippen LogP contribution in [0.4, 0.5) is 0 Å². The second kappa shape index (κ2) is 5.22. The molecule has 1 fully saturated rings. The Labute approximate surface area is 118 Å². The number of benzene rings is 1. The van der Waals surface area contributed by atoms with Gasteiger partial charge >= 0.3 is 0 Å². The van der Waals surface area contributed by atoms with Crippen molar-refractivity contribution in [1.29, 1.82) is 5.26 Å². The Bertz CT molecular complexity index is 529. The predicted octanol–water partition coefficient (Wildman–Crippen LogP) is 3.46. The first-order valence-electron chi connectivity index (χ1n) is 6.45. The number of carbonyl (C=O) groups is 1. The quantitative estimate of drug-likeness (QED) is 0.919. The molecule has 1 aromatic carbocycles. The molecule has 0 bridgehead atoms. The van der Waals surface area contributed by atoms with Crippen LogP contribution >= 0.6 is 11.6 Å². The molecule has 1 saturated carbocycles. The van der Waals surface area contributed by atoms with Crippen molar-refractivity contribution in [1.82, 2.24) is 5.32 Å². The molecule has 0 saturated heterocycles. The first kappa shape index (κ1) is 13.9.